The molecule has 0 fully saturated rings. The summed E-state index contributed by atoms with van der Waals surface area (Å²) in [4.78, 5) is 17.2. The van der Waals surface area contributed by atoms with Crippen LogP contribution in [0.3, 0.4) is 0 Å². The van der Waals surface area contributed by atoms with E-state index in [1.54, 1.807) is 38.6 Å². The normalized spacial score (nSPS) is 11.8. The molecule has 1 N–H and O–H groups in total. The monoisotopic (exact) mass is 411 g/mol. The Morgan fingerprint density at radius 1 is 1.03 bits per heavy atom. The number of benzene rings is 2. The highest BCUT2D eigenvalue weighted by atomic mass is 32.2. The summed E-state index contributed by atoms with van der Waals surface area (Å²) in [5, 5.41) is 3.34. The average Bonchev–Trinajstić information content (AvgIpc) is 3.14. The molecule has 0 radical (unpaired) electrons. The topological polar surface area (TPSA) is 65.4 Å². The smallest absolute Gasteiger partial charge is 0.237 e. The van der Waals surface area contributed by atoms with Gasteiger partial charge >= 0.3 is 0 Å². The summed E-state index contributed by atoms with van der Waals surface area (Å²) in [6.07, 6.45) is 3.66. The molecule has 0 aliphatic heterocycles. The zero-order valence-electron chi connectivity index (χ0n) is 17.2. The van der Waals surface area contributed by atoms with Crippen LogP contribution in [0.5, 0.6) is 11.5 Å². The Morgan fingerprint density at radius 2 is 1.66 bits per heavy atom. The lowest BCUT2D eigenvalue weighted by Gasteiger charge is -2.15. The minimum Gasteiger partial charge on any atom is -0.497 e. The SMILES string of the molecule is COc1cc(NC(=O)C(C)Sc2nccn2-c2cc(C)cc(C)c2)cc(OC)c1. The number of hydrogen-bond donors (Lipinski definition) is 1. The van der Waals surface area contributed by atoms with Crippen molar-refractivity contribution < 1.29 is 14.3 Å². The number of nitrogens with one attached hydrogen (secondary N) is 1. The molecule has 3 aromatic rings. The first-order chi connectivity index (χ1) is 13.9. The third-order valence-electron chi connectivity index (χ3n) is 4.36. The molecule has 7 heteroatoms. The molecule has 29 heavy (non-hydrogen) atoms. The number of methoxy groups -OCH3 is 2. The summed E-state index contributed by atoms with van der Waals surface area (Å²) in [6.45, 7) is 6.00. The van der Waals surface area contributed by atoms with Crippen LogP contribution < -0.4 is 14.8 Å². The summed E-state index contributed by atoms with van der Waals surface area (Å²) < 4.78 is 12.5. The average molecular weight is 412 g/mol. The van der Waals surface area contributed by atoms with Crippen LogP contribution in [0.4, 0.5) is 5.69 Å². The van der Waals surface area contributed by atoms with Gasteiger partial charge in [0, 0.05) is 42.0 Å². The van der Waals surface area contributed by atoms with Crippen molar-refractivity contribution in [3.05, 3.63) is 59.9 Å². The lowest BCUT2D eigenvalue weighted by Crippen LogP contribution is -2.23. The predicted octanol–water partition coefficient (Wildman–Crippen LogP) is 4.63. The number of anilines is 1. The van der Waals surface area contributed by atoms with Crippen molar-refractivity contribution in [2.24, 2.45) is 0 Å². The van der Waals surface area contributed by atoms with Gasteiger partial charge in [-0.25, -0.2) is 4.98 Å². The van der Waals surface area contributed by atoms with E-state index in [4.69, 9.17) is 9.47 Å². The van der Waals surface area contributed by atoms with Crippen LogP contribution in [0.15, 0.2) is 53.9 Å². The number of thioether (sulfide) groups is 1. The number of ether oxygens (including phenoxy) is 2. The van der Waals surface area contributed by atoms with E-state index < -0.39 is 0 Å². The maximum Gasteiger partial charge on any atom is 0.237 e. The first-order valence-electron chi connectivity index (χ1n) is 9.22. The molecule has 1 unspecified atom stereocenters. The van der Waals surface area contributed by atoms with Crippen molar-refractivity contribution >= 4 is 23.4 Å². The highest BCUT2D eigenvalue weighted by Gasteiger charge is 2.19. The molecule has 1 heterocycles. The Bertz CT molecular complexity index is 974. The summed E-state index contributed by atoms with van der Waals surface area (Å²) in [6, 6.07) is 11.6. The van der Waals surface area contributed by atoms with Crippen LogP contribution in [-0.4, -0.2) is 34.9 Å². The van der Waals surface area contributed by atoms with Crippen LogP contribution >= 0.6 is 11.8 Å². The van der Waals surface area contributed by atoms with Gasteiger partial charge in [-0.2, -0.15) is 0 Å². The van der Waals surface area contributed by atoms with E-state index in [1.165, 1.54) is 22.9 Å². The Hall–Kier alpha value is -2.93. The number of carbonyl (C=O) groups is 1. The standard InChI is InChI=1S/C22H25N3O3S/c1-14-8-15(2)10-18(9-14)25-7-6-23-22(25)29-16(3)21(26)24-17-11-19(27-4)13-20(12-17)28-5/h6-13,16H,1-5H3,(H,24,26). The van der Waals surface area contributed by atoms with Gasteiger partial charge < -0.3 is 14.8 Å². The Labute approximate surface area is 175 Å². The molecular formula is C22H25N3O3S. The minimum absolute atomic E-state index is 0.125. The van der Waals surface area contributed by atoms with Crippen molar-refractivity contribution in [3.63, 3.8) is 0 Å². The first kappa shape index (κ1) is 20.8. The van der Waals surface area contributed by atoms with Gasteiger partial charge in [-0.05, 0) is 44.0 Å². The Morgan fingerprint density at radius 3 is 2.24 bits per heavy atom. The van der Waals surface area contributed by atoms with Crippen molar-refractivity contribution in [2.75, 3.05) is 19.5 Å². The molecule has 0 saturated heterocycles. The van der Waals surface area contributed by atoms with E-state index in [0.29, 0.717) is 17.2 Å². The fourth-order valence-electron chi connectivity index (χ4n) is 3.00. The van der Waals surface area contributed by atoms with Gasteiger partial charge in [-0.15, -0.1) is 0 Å². The van der Waals surface area contributed by atoms with E-state index in [9.17, 15) is 4.79 Å². The molecule has 1 amide bonds. The molecule has 1 atom stereocenters. The number of amides is 1. The lowest BCUT2D eigenvalue weighted by molar-refractivity contribution is -0.115. The largest absolute Gasteiger partial charge is 0.497 e. The molecule has 0 aliphatic carbocycles. The van der Waals surface area contributed by atoms with Gasteiger partial charge in [0.1, 0.15) is 11.5 Å². The van der Waals surface area contributed by atoms with Crippen LogP contribution in [0, 0.1) is 13.8 Å². The number of carbonyl (C=O) groups excluding carboxylic acids is 1. The second kappa shape index (κ2) is 9.05. The number of hydrogen-bond acceptors (Lipinski definition) is 5. The summed E-state index contributed by atoms with van der Waals surface area (Å²) in [7, 11) is 3.15. The van der Waals surface area contributed by atoms with Crippen LogP contribution in [0.2, 0.25) is 0 Å². The number of imidazole rings is 1. The maximum absolute atomic E-state index is 12.7. The molecule has 2 aromatic carbocycles. The maximum atomic E-state index is 12.7. The van der Waals surface area contributed by atoms with E-state index in [1.807, 2.05) is 17.7 Å². The van der Waals surface area contributed by atoms with E-state index >= 15 is 0 Å². The van der Waals surface area contributed by atoms with Crippen LogP contribution in [0.1, 0.15) is 18.1 Å². The zero-order chi connectivity index (χ0) is 21.0. The quantitative estimate of drug-likeness (QED) is 0.575. The Kier molecular flexibility index (Phi) is 6.49. The lowest BCUT2D eigenvalue weighted by atomic mass is 10.1. The van der Waals surface area contributed by atoms with E-state index in [2.05, 4.69) is 42.3 Å². The van der Waals surface area contributed by atoms with E-state index in [0.717, 1.165) is 10.8 Å². The van der Waals surface area contributed by atoms with Crippen LogP contribution in [-0.2, 0) is 4.79 Å². The van der Waals surface area contributed by atoms with E-state index in [-0.39, 0.29) is 11.2 Å². The molecule has 0 saturated carbocycles. The molecule has 152 valence electrons. The molecule has 0 bridgehead atoms. The molecule has 3 rings (SSSR count). The fourth-order valence-corrected chi connectivity index (χ4v) is 3.88. The van der Waals surface area contributed by atoms with Crippen molar-refractivity contribution in [3.8, 4) is 17.2 Å². The first-order valence-corrected chi connectivity index (χ1v) is 10.1. The third-order valence-corrected chi connectivity index (χ3v) is 5.44. The van der Waals surface area contributed by atoms with Crippen molar-refractivity contribution in [2.45, 2.75) is 31.2 Å². The minimum atomic E-state index is -0.348. The van der Waals surface area contributed by atoms with Gasteiger partial charge in [-0.1, -0.05) is 17.8 Å². The molecule has 1 aromatic heterocycles. The van der Waals surface area contributed by atoms with Crippen LogP contribution in [0.25, 0.3) is 5.69 Å². The molecular weight excluding hydrogens is 386 g/mol. The molecule has 6 nitrogen and oxygen atoms in total. The number of aryl methyl sites for hydroxylation is 2. The highest BCUT2D eigenvalue weighted by Crippen LogP contribution is 2.29. The summed E-state index contributed by atoms with van der Waals surface area (Å²) in [5.74, 6) is 1.11. The molecule has 0 aliphatic rings. The fraction of sp³-hybridized carbons (Fsp3) is 0.273. The molecule has 0 spiro atoms. The van der Waals surface area contributed by atoms with Gasteiger partial charge in [0.05, 0.1) is 19.5 Å². The second-order valence-corrected chi connectivity index (χ2v) is 8.08. The van der Waals surface area contributed by atoms with Gasteiger partial charge in [-0.3, -0.25) is 9.36 Å². The van der Waals surface area contributed by atoms with Gasteiger partial charge in [0.15, 0.2) is 5.16 Å². The summed E-state index contributed by atoms with van der Waals surface area (Å²) in [5.41, 5.74) is 4.02. The summed E-state index contributed by atoms with van der Waals surface area (Å²) >= 11 is 1.41. The number of nitrogens with zero attached hydrogens (tertiary/aromatic N) is 2. The van der Waals surface area contributed by atoms with Gasteiger partial charge in [0.2, 0.25) is 5.91 Å². The third kappa shape index (κ3) is 5.12. The zero-order valence-corrected chi connectivity index (χ0v) is 18.0. The second-order valence-electron chi connectivity index (χ2n) is 6.78. The number of rotatable bonds is 7. The number of aromatic nitrogens is 2. The van der Waals surface area contributed by atoms with Crippen molar-refractivity contribution in [1.82, 2.24) is 9.55 Å². The highest BCUT2D eigenvalue weighted by molar-refractivity contribution is 8.00. The van der Waals surface area contributed by atoms with Gasteiger partial charge in [0.25, 0.3) is 0 Å². The predicted molar refractivity (Wildman–Crippen MR) is 117 cm³/mol. The van der Waals surface area contributed by atoms with Crippen molar-refractivity contribution in [1.29, 1.82) is 0 Å². The Balaban J connectivity index is 1.75.